The topological polar surface area (TPSA) is 87.7 Å². The Hall–Kier alpha value is -1.73. The maximum atomic E-state index is 12.0. The molecule has 1 aliphatic carbocycles. The van der Waals surface area contributed by atoms with Gasteiger partial charge in [0.05, 0.1) is 5.25 Å². The molecule has 1 aliphatic rings. The monoisotopic (exact) mass is 348 g/mol. The minimum Gasteiger partial charge on any atom is -0.262 e. The quantitative estimate of drug-likeness (QED) is 0.870. The van der Waals surface area contributed by atoms with E-state index in [0.717, 1.165) is 37.1 Å². The summed E-state index contributed by atoms with van der Waals surface area (Å²) in [6, 6.07) is 9.92. The normalized spacial score (nSPS) is 22.0. The van der Waals surface area contributed by atoms with Gasteiger partial charge in [0.1, 0.15) is 5.82 Å². The van der Waals surface area contributed by atoms with Gasteiger partial charge in [0.2, 0.25) is 10.0 Å². The zero-order valence-electron chi connectivity index (χ0n) is 14.1. The Morgan fingerprint density at radius 1 is 1.12 bits per heavy atom. The average Bonchev–Trinajstić information content (AvgIpc) is 3.06. The Morgan fingerprint density at radius 2 is 1.79 bits per heavy atom. The van der Waals surface area contributed by atoms with Crippen molar-refractivity contribution in [3.8, 4) is 11.4 Å². The van der Waals surface area contributed by atoms with Crippen molar-refractivity contribution in [1.29, 1.82) is 0 Å². The lowest BCUT2D eigenvalue weighted by Crippen LogP contribution is -2.40. The first-order chi connectivity index (χ1) is 11.5. The summed E-state index contributed by atoms with van der Waals surface area (Å²) < 4.78 is 26.8. The molecule has 130 valence electrons. The van der Waals surface area contributed by atoms with Gasteiger partial charge in [-0.2, -0.15) is 5.10 Å². The Kier molecular flexibility index (Phi) is 5.01. The van der Waals surface area contributed by atoms with Gasteiger partial charge in [0.15, 0.2) is 5.82 Å². The fourth-order valence-electron chi connectivity index (χ4n) is 3.03. The summed E-state index contributed by atoms with van der Waals surface area (Å²) in [7, 11) is -3.20. The number of aromatic nitrogens is 3. The zero-order valence-corrected chi connectivity index (χ0v) is 14.9. The van der Waals surface area contributed by atoms with E-state index in [1.54, 1.807) is 13.8 Å². The van der Waals surface area contributed by atoms with Gasteiger partial charge in [-0.1, -0.05) is 30.3 Å². The molecule has 2 N–H and O–H groups in total. The van der Waals surface area contributed by atoms with E-state index >= 15 is 0 Å². The molecular weight excluding hydrogens is 324 g/mol. The van der Waals surface area contributed by atoms with Crippen LogP contribution in [0.15, 0.2) is 30.3 Å². The van der Waals surface area contributed by atoms with Crippen molar-refractivity contribution in [3.05, 3.63) is 36.2 Å². The van der Waals surface area contributed by atoms with Gasteiger partial charge >= 0.3 is 0 Å². The molecule has 1 aromatic heterocycles. The second kappa shape index (κ2) is 7.03. The lowest BCUT2D eigenvalue weighted by molar-refractivity contribution is 0.365. The minimum absolute atomic E-state index is 0.0326. The number of hydrogen-bond acceptors (Lipinski definition) is 4. The molecule has 0 saturated heterocycles. The van der Waals surface area contributed by atoms with Crippen LogP contribution in [-0.4, -0.2) is 34.9 Å². The summed E-state index contributed by atoms with van der Waals surface area (Å²) in [4.78, 5) is 4.63. The molecule has 0 spiro atoms. The SMILES string of the molecule is CC(C)S(=O)(=O)N[C@H]1CC[C@H](c2nc(-c3ccccc3)n[nH]2)CC1. The second-order valence-corrected chi connectivity index (χ2v) is 8.94. The van der Waals surface area contributed by atoms with Gasteiger partial charge in [-0.05, 0) is 39.5 Å². The van der Waals surface area contributed by atoms with Crippen molar-refractivity contribution in [2.75, 3.05) is 0 Å². The van der Waals surface area contributed by atoms with Crippen LogP contribution in [0.5, 0.6) is 0 Å². The van der Waals surface area contributed by atoms with Crippen molar-refractivity contribution in [2.24, 2.45) is 0 Å². The molecule has 1 saturated carbocycles. The van der Waals surface area contributed by atoms with Gasteiger partial charge in [-0.15, -0.1) is 0 Å². The van der Waals surface area contributed by atoms with Crippen molar-refractivity contribution >= 4 is 10.0 Å². The van der Waals surface area contributed by atoms with Crippen LogP contribution >= 0.6 is 0 Å². The molecule has 0 radical (unpaired) electrons. The highest BCUT2D eigenvalue weighted by Crippen LogP contribution is 2.32. The second-order valence-electron chi connectivity index (χ2n) is 6.67. The molecular formula is C17H24N4O2S. The number of nitrogens with zero attached hydrogens (tertiary/aromatic N) is 2. The van der Waals surface area contributed by atoms with Crippen LogP contribution in [0, 0.1) is 0 Å². The van der Waals surface area contributed by atoms with Crippen LogP contribution in [0.2, 0.25) is 0 Å². The number of sulfonamides is 1. The smallest absolute Gasteiger partial charge is 0.214 e. The highest BCUT2D eigenvalue weighted by molar-refractivity contribution is 7.90. The van der Waals surface area contributed by atoms with E-state index in [2.05, 4.69) is 19.9 Å². The van der Waals surface area contributed by atoms with E-state index in [1.807, 2.05) is 30.3 Å². The Morgan fingerprint density at radius 3 is 2.42 bits per heavy atom. The van der Waals surface area contributed by atoms with Crippen LogP contribution in [0.3, 0.4) is 0 Å². The summed E-state index contributed by atoms with van der Waals surface area (Å²) in [6.07, 6.45) is 3.49. The molecule has 1 fully saturated rings. The van der Waals surface area contributed by atoms with Crippen LogP contribution in [-0.2, 0) is 10.0 Å². The summed E-state index contributed by atoms with van der Waals surface area (Å²) in [5, 5.41) is 6.98. The average molecular weight is 348 g/mol. The maximum absolute atomic E-state index is 12.0. The van der Waals surface area contributed by atoms with Crippen molar-refractivity contribution in [2.45, 2.75) is 56.7 Å². The number of rotatable bonds is 5. The Labute approximate surface area is 143 Å². The lowest BCUT2D eigenvalue weighted by Gasteiger charge is -2.28. The molecule has 0 bridgehead atoms. The largest absolute Gasteiger partial charge is 0.262 e. The van der Waals surface area contributed by atoms with E-state index in [9.17, 15) is 8.42 Å². The summed E-state index contributed by atoms with van der Waals surface area (Å²) >= 11 is 0. The van der Waals surface area contributed by atoms with E-state index in [-0.39, 0.29) is 6.04 Å². The first kappa shape index (κ1) is 17.1. The molecule has 6 nitrogen and oxygen atoms in total. The van der Waals surface area contributed by atoms with Gasteiger partial charge in [0, 0.05) is 17.5 Å². The molecule has 3 rings (SSSR count). The number of aromatic amines is 1. The van der Waals surface area contributed by atoms with Crippen molar-refractivity contribution in [1.82, 2.24) is 19.9 Å². The third-order valence-electron chi connectivity index (χ3n) is 4.60. The summed E-state index contributed by atoms with van der Waals surface area (Å²) in [5.41, 5.74) is 0.998. The third kappa shape index (κ3) is 3.84. The zero-order chi connectivity index (χ0) is 17.2. The fourth-order valence-corrected chi connectivity index (χ4v) is 4.00. The number of H-pyrrole nitrogens is 1. The summed E-state index contributed by atoms with van der Waals surface area (Å²) in [6.45, 7) is 3.40. The van der Waals surface area contributed by atoms with Gasteiger partial charge in [0.25, 0.3) is 0 Å². The molecule has 0 atom stereocenters. The van der Waals surface area contributed by atoms with Crippen LogP contribution in [0.4, 0.5) is 0 Å². The molecule has 1 aromatic carbocycles. The third-order valence-corrected chi connectivity index (χ3v) is 6.50. The van der Waals surface area contributed by atoms with Crippen LogP contribution in [0.1, 0.15) is 51.3 Å². The van der Waals surface area contributed by atoms with E-state index in [4.69, 9.17) is 0 Å². The highest BCUT2D eigenvalue weighted by atomic mass is 32.2. The van der Waals surface area contributed by atoms with Crippen molar-refractivity contribution in [3.63, 3.8) is 0 Å². The van der Waals surface area contributed by atoms with Crippen LogP contribution in [0.25, 0.3) is 11.4 Å². The Bertz CT molecular complexity index is 763. The minimum atomic E-state index is -3.20. The highest BCUT2D eigenvalue weighted by Gasteiger charge is 2.28. The molecule has 24 heavy (non-hydrogen) atoms. The number of hydrogen-bond donors (Lipinski definition) is 2. The molecule has 7 heteroatoms. The van der Waals surface area contributed by atoms with E-state index in [0.29, 0.717) is 11.7 Å². The predicted molar refractivity (Wildman–Crippen MR) is 94.0 cm³/mol. The first-order valence-corrected chi connectivity index (χ1v) is 9.99. The lowest BCUT2D eigenvalue weighted by atomic mass is 9.86. The predicted octanol–water partition coefficient (Wildman–Crippen LogP) is 2.83. The number of nitrogens with one attached hydrogen (secondary N) is 2. The maximum Gasteiger partial charge on any atom is 0.214 e. The summed E-state index contributed by atoms with van der Waals surface area (Å²) in [5.74, 6) is 1.93. The fraction of sp³-hybridized carbons (Fsp3) is 0.529. The standard InChI is InChI=1S/C17H24N4O2S/c1-12(2)24(22,23)21-15-10-8-14(9-11-15)17-18-16(19-20-17)13-6-4-3-5-7-13/h3-7,12,14-15,21H,8-11H2,1-2H3,(H,18,19,20)/t14-,15-. The molecule has 2 aromatic rings. The van der Waals surface area contributed by atoms with E-state index < -0.39 is 15.3 Å². The molecule has 0 aliphatic heterocycles. The molecule has 0 amide bonds. The van der Waals surface area contributed by atoms with Gasteiger partial charge in [-0.3, -0.25) is 5.10 Å². The number of benzene rings is 1. The van der Waals surface area contributed by atoms with Gasteiger partial charge < -0.3 is 0 Å². The van der Waals surface area contributed by atoms with E-state index in [1.165, 1.54) is 0 Å². The molecule has 0 unspecified atom stereocenters. The van der Waals surface area contributed by atoms with Gasteiger partial charge in [-0.25, -0.2) is 18.1 Å². The van der Waals surface area contributed by atoms with Crippen LogP contribution < -0.4 is 4.72 Å². The first-order valence-electron chi connectivity index (χ1n) is 8.44. The Balaban J connectivity index is 1.61. The molecule has 1 heterocycles. The van der Waals surface area contributed by atoms with Crippen molar-refractivity contribution < 1.29 is 8.42 Å².